The molecule has 2 unspecified atom stereocenters. The summed E-state index contributed by atoms with van der Waals surface area (Å²) in [7, 11) is 0. The highest BCUT2D eigenvalue weighted by Gasteiger charge is 2.25. The van der Waals surface area contributed by atoms with Crippen LogP contribution in [0.4, 0.5) is 0 Å². The highest BCUT2D eigenvalue weighted by molar-refractivity contribution is 8.01. The van der Waals surface area contributed by atoms with E-state index in [1.807, 2.05) is 0 Å². The molecule has 1 saturated heterocycles. The number of carboxylic acids is 1. The smallest absolute Gasteiger partial charge is 0.316 e. The molecule has 4 heteroatoms. The van der Waals surface area contributed by atoms with Gasteiger partial charge >= 0.3 is 5.97 Å². The van der Waals surface area contributed by atoms with Crippen molar-refractivity contribution in [1.82, 2.24) is 0 Å². The van der Waals surface area contributed by atoms with Crippen LogP contribution in [0.25, 0.3) is 0 Å². The highest BCUT2D eigenvalue weighted by atomic mass is 32.2. The molecule has 0 spiro atoms. The van der Waals surface area contributed by atoms with Gasteiger partial charge in [-0.2, -0.15) is 0 Å². The summed E-state index contributed by atoms with van der Waals surface area (Å²) in [6, 6.07) is 0. The van der Waals surface area contributed by atoms with E-state index in [-0.39, 0.29) is 5.25 Å². The molecule has 0 aromatic carbocycles. The fraction of sp³-hybridized carbons (Fsp3) is 0.833. The van der Waals surface area contributed by atoms with Crippen molar-refractivity contribution < 1.29 is 15.0 Å². The zero-order valence-electron chi connectivity index (χ0n) is 5.49. The van der Waals surface area contributed by atoms with Crippen LogP contribution in [0.15, 0.2) is 0 Å². The fourth-order valence-corrected chi connectivity index (χ4v) is 2.09. The lowest BCUT2D eigenvalue weighted by atomic mass is 10.2. The van der Waals surface area contributed by atoms with Crippen molar-refractivity contribution in [2.75, 3.05) is 0 Å². The second kappa shape index (κ2) is 3.25. The first-order valence-electron chi connectivity index (χ1n) is 3.26. The topological polar surface area (TPSA) is 57.5 Å². The third-order valence-corrected chi connectivity index (χ3v) is 2.83. The number of rotatable bonds is 1. The number of carboxylic acid groups (broad SMARTS) is 1. The molecule has 0 amide bonds. The van der Waals surface area contributed by atoms with Crippen molar-refractivity contribution in [1.29, 1.82) is 0 Å². The third kappa shape index (κ3) is 1.88. The molecular weight excluding hydrogens is 152 g/mol. The Bertz CT molecular complexity index is 137. The Morgan fingerprint density at radius 2 is 2.20 bits per heavy atom. The molecule has 2 atom stereocenters. The molecule has 1 aliphatic heterocycles. The van der Waals surface area contributed by atoms with E-state index < -0.39 is 11.4 Å². The van der Waals surface area contributed by atoms with E-state index in [9.17, 15) is 4.79 Å². The lowest BCUT2D eigenvalue weighted by Crippen LogP contribution is -2.24. The summed E-state index contributed by atoms with van der Waals surface area (Å²) in [5, 5.41) is 17.2. The Kier molecular flexibility index (Phi) is 2.56. The number of aliphatic hydroxyl groups is 1. The number of aliphatic hydroxyl groups excluding tert-OH is 1. The van der Waals surface area contributed by atoms with Gasteiger partial charge in [0.05, 0.1) is 0 Å². The van der Waals surface area contributed by atoms with Gasteiger partial charge in [0.25, 0.3) is 0 Å². The van der Waals surface area contributed by atoms with Gasteiger partial charge in [0.2, 0.25) is 0 Å². The Balaban J connectivity index is 2.39. The van der Waals surface area contributed by atoms with Crippen LogP contribution in [0.2, 0.25) is 0 Å². The van der Waals surface area contributed by atoms with Crippen molar-refractivity contribution >= 4 is 17.7 Å². The molecule has 1 fully saturated rings. The van der Waals surface area contributed by atoms with Crippen molar-refractivity contribution in [3.05, 3.63) is 0 Å². The van der Waals surface area contributed by atoms with E-state index in [0.717, 1.165) is 24.6 Å². The van der Waals surface area contributed by atoms with Gasteiger partial charge in [0.15, 0.2) is 0 Å². The van der Waals surface area contributed by atoms with Crippen LogP contribution in [0.3, 0.4) is 0 Å². The summed E-state index contributed by atoms with van der Waals surface area (Å²) in [4.78, 5) is 10.4. The van der Waals surface area contributed by atoms with Crippen LogP contribution in [0.1, 0.15) is 19.3 Å². The van der Waals surface area contributed by atoms with Gasteiger partial charge in [-0.1, -0.05) is 0 Å². The highest BCUT2D eigenvalue weighted by Crippen LogP contribution is 2.29. The quantitative estimate of drug-likeness (QED) is 0.595. The summed E-state index contributed by atoms with van der Waals surface area (Å²) >= 11 is 1.15. The lowest BCUT2D eigenvalue weighted by molar-refractivity contribution is -0.136. The molecule has 0 saturated carbocycles. The second-order valence-electron chi connectivity index (χ2n) is 2.35. The first-order chi connectivity index (χ1) is 4.70. The van der Waals surface area contributed by atoms with Crippen LogP contribution < -0.4 is 0 Å². The predicted octanol–water partition coefficient (Wildman–Crippen LogP) is 0.675. The minimum absolute atomic E-state index is 0.385. The third-order valence-electron chi connectivity index (χ3n) is 1.51. The average molecular weight is 162 g/mol. The van der Waals surface area contributed by atoms with Crippen LogP contribution in [0.5, 0.6) is 0 Å². The maximum Gasteiger partial charge on any atom is 0.316 e. The predicted molar refractivity (Wildman–Crippen MR) is 38.9 cm³/mol. The molecular formula is C6H10O3S. The number of aliphatic carboxylic acids is 1. The summed E-state index contributed by atoms with van der Waals surface area (Å²) in [6.45, 7) is 0. The van der Waals surface area contributed by atoms with Crippen LogP contribution in [-0.2, 0) is 4.79 Å². The van der Waals surface area contributed by atoms with Gasteiger partial charge in [-0.25, -0.2) is 0 Å². The summed E-state index contributed by atoms with van der Waals surface area (Å²) < 4.78 is 0. The van der Waals surface area contributed by atoms with Crippen molar-refractivity contribution in [3.8, 4) is 0 Å². The van der Waals surface area contributed by atoms with Crippen molar-refractivity contribution in [2.24, 2.45) is 0 Å². The van der Waals surface area contributed by atoms with Gasteiger partial charge in [-0.15, -0.1) is 11.8 Å². The molecule has 1 rings (SSSR count). The van der Waals surface area contributed by atoms with Crippen LogP contribution in [-0.4, -0.2) is 26.9 Å². The lowest BCUT2D eigenvalue weighted by Gasteiger charge is -2.21. The summed E-state index contributed by atoms with van der Waals surface area (Å²) in [6.07, 6.45) is 2.25. The first kappa shape index (κ1) is 7.88. The number of thioether (sulfide) groups is 1. The van der Waals surface area contributed by atoms with Crippen LogP contribution in [0, 0.1) is 0 Å². The van der Waals surface area contributed by atoms with Gasteiger partial charge < -0.3 is 10.2 Å². The SMILES string of the molecule is O=C(O)C1CCCC(O)S1. The molecule has 0 aromatic heterocycles. The fourth-order valence-electron chi connectivity index (χ4n) is 0.985. The minimum atomic E-state index is -0.802. The molecule has 1 aliphatic rings. The number of hydrogen-bond donors (Lipinski definition) is 2. The Morgan fingerprint density at radius 3 is 2.60 bits per heavy atom. The normalized spacial score (nSPS) is 33.7. The molecule has 0 bridgehead atoms. The largest absolute Gasteiger partial charge is 0.480 e. The van der Waals surface area contributed by atoms with Gasteiger partial charge in [0, 0.05) is 0 Å². The Labute approximate surface area is 63.4 Å². The van der Waals surface area contributed by atoms with E-state index in [1.165, 1.54) is 0 Å². The monoisotopic (exact) mass is 162 g/mol. The van der Waals surface area contributed by atoms with E-state index in [0.29, 0.717) is 6.42 Å². The van der Waals surface area contributed by atoms with Crippen molar-refractivity contribution in [3.63, 3.8) is 0 Å². The molecule has 3 nitrogen and oxygen atoms in total. The van der Waals surface area contributed by atoms with E-state index >= 15 is 0 Å². The molecule has 2 N–H and O–H groups in total. The maximum atomic E-state index is 10.4. The van der Waals surface area contributed by atoms with Crippen molar-refractivity contribution in [2.45, 2.75) is 29.9 Å². The molecule has 58 valence electrons. The Hall–Kier alpha value is -0.220. The molecule has 0 radical (unpaired) electrons. The maximum absolute atomic E-state index is 10.4. The Morgan fingerprint density at radius 1 is 1.50 bits per heavy atom. The van der Waals surface area contributed by atoms with Crippen LogP contribution >= 0.6 is 11.8 Å². The summed E-state index contributed by atoms with van der Waals surface area (Å²) in [5.74, 6) is -0.802. The van der Waals surface area contributed by atoms with Gasteiger partial charge in [-0.05, 0) is 19.3 Å². The first-order valence-corrected chi connectivity index (χ1v) is 4.21. The van der Waals surface area contributed by atoms with E-state index in [2.05, 4.69) is 0 Å². The number of carbonyl (C=O) groups is 1. The van der Waals surface area contributed by atoms with Gasteiger partial charge in [0.1, 0.15) is 10.7 Å². The minimum Gasteiger partial charge on any atom is -0.480 e. The van der Waals surface area contributed by atoms with E-state index in [1.54, 1.807) is 0 Å². The van der Waals surface area contributed by atoms with Gasteiger partial charge in [-0.3, -0.25) is 4.79 Å². The standard InChI is InChI=1S/C6H10O3S/c7-5-3-1-2-4(10-5)6(8)9/h4-5,7H,1-3H2,(H,8,9). The van der Waals surface area contributed by atoms with E-state index in [4.69, 9.17) is 10.2 Å². The average Bonchev–Trinajstić information content (AvgIpc) is 1.88. The zero-order chi connectivity index (χ0) is 7.56. The summed E-state index contributed by atoms with van der Waals surface area (Å²) in [5.41, 5.74) is -0.463. The molecule has 0 aliphatic carbocycles. The second-order valence-corrected chi connectivity index (χ2v) is 3.73. The number of hydrogen-bond acceptors (Lipinski definition) is 3. The zero-order valence-corrected chi connectivity index (χ0v) is 6.30. The molecule has 0 aromatic rings. The molecule has 1 heterocycles. The molecule has 10 heavy (non-hydrogen) atoms.